The summed E-state index contributed by atoms with van der Waals surface area (Å²) in [6, 6.07) is 15.1. The lowest BCUT2D eigenvalue weighted by molar-refractivity contribution is -0.146. The van der Waals surface area contributed by atoms with Crippen LogP contribution in [0.3, 0.4) is 0 Å². The van der Waals surface area contributed by atoms with Crippen molar-refractivity contribution in [1.82, 2.24) is 9.99 Å². The van der Waals surface area contributed by atoms with Crippen molar-refractivity contribution < 1.29 is 19.0 Å². The van der Waals surface area contributed by atoms with Crippen molar-refractivity contribution in [1.29, 1.82) is 0 Å². The third-order valence-corrected chi connectivity index (χ3v) is 5.17. The van der Waals surface area contributed by atoms with Gasteiger partial charge in [0.25, 0.3) is 0 Å². The molecule has 0 spiro atoms. The second kappa shape index (κ2) is 7.33. The van der Waals surface area contributed by atoms with E-state index in [4.69, 9.17) is 14.2 Å². The van der Waals surface area contributed by atoms with E-state index in [1.807, 2.05) is 43.3 Å². The lowest BCUT2D eigenvalue weighted by Gasteiger charge is -2.32. The molecule has 0 bridgehead atoms. The van der Waals surface area contributed by atoms with Gasteiger partial charge in [0, 0.05) is 36.6 Å². The summed E-state index contributed by atoms with van der Waals surface area (Å²) in [5.74, 6) is 1.28. The van der Waals surface area contributed by atoms with Crippen molar-refractivity contribution in [3.05, 3.63) is 65.4 Å². The van der Waals surface area contributed by atoms with Gasteiger partial charge in [-0.3, -0.25) is 9.78 Å². The molecule has 1 unspecified atom stereocenters. The van der Waals surface area contributed by atoms with Gasteiger partial charge in [-0.15, -0.1) is 5.10 Å². The minimum Gasteiger partial charge on any atom is -0.497 e. The number of rotatable bonds is 4. The van der Waals surface area contributed by atoms with Gasteiger partial charge in [-0.1, -0.05) is 18.2 Å². The van der Waals surface area contributed by atoms with Crippen LogP contribution in [0.5, 0.6) is 11.5 Å². The molecular formula is C23H23N3O4. The van der Waals surface area contributed by atoms with Crippen LogP contribution in [0, 0.1) is 6.92 Å². The minimum absolute atomic E-state index is 0.250. The lowest BCUT2D eigenvalue weighted by Crippen LogP contribution is -2.41. The highest BCUT2D eigenvalue weighted by Gasteiger charge is 2.47. The average molecular weight is 405 g/mol. The Morgan fingerprint density at radius 3 is 2.57 bits per heavy atom. The third kappa shape index (κ3) is 3.12. The van der Waals surface area contributed by atoms with Gasteiger partial charge in [0.1, 0.15) is 11.5 Å². The number of fused-ring (bicyclic) bond motifs is 1. The van der Waals surface area contributed by atoms with Crippen molar-refractivity contribution in [3.8, 4) is 11.5 Å². The Morgan fingerprint density at radius 2 is 1.87 bits per heavy atom. The van der Waals surface area contributed by atoms with Crippen LogP contribution in [0.2, 0.25) is 0 Å². The van der Waals surface area contributed by atoms with Crippen LogP contribution in [-0.4, -0.2) is 36.0 Å². The minimum atomic E-state index is -1.18. The molecule has 1 aliphatic rings. The summed E-state index contributed by atoms with van der Waals surface area (Å²) >= 11 is 0. The van der Waals surface area contributed by atoms with E-state index in [0.717, 1.165) is 22.2 Å². The Labute approximate surface area is 174 Å². The fourth-order valence-corrected chi connectivity index (χ4v) is 3.75. The van der Waals surface area contributed by atoms with Gasteiger partial charge in [-0.05, 0) is 31.2 Å². The van der Waals surface area contributed by atoms with Gasteiger partial charge < -0.3 is 14.2 Å². The number of ether oxygens (including phenoxy) is 3. The summed E-state index contributed by atoms with van der Waals surface area (Å²) in [7, 11) is 3.15. The number of hydrogen-bond donors (Lipinski definition) is 0. The Hall–Kier alpha value is -3.61. The van der Waals surface area contributed by atoms with Crippen LogP contribution in [0.25, 0.3) is 10.9 Å². The zero-order chi connectivity index (χ0) is 21.5. The number of hydrogen-bond acceptors (Lipinski definition) is 6. The highest BCUT2D eigenvalue weighted by Crippen LogP contribution is 2.42. The standard InChI is InChI=1S/C23H23N3O4/c1-14-12-18(17-8-6-7-9-20(17)24-14)22-25-26(15(2)27)23(3,30-22)19-11-10-16(28-4)13-21(19)29-5/h6-13H,1-5H3. The van der Waals surface area contributed by atoms with Crippen LogP contribution < -0.4 is 9.47 Å². The zero-order valence-corrected chi connectivity index (χ0v) is 17.6. The van der Waals surface area contributed by atoms with Crippen LogP contribution in [0.4, 0.5) is 0 Å². The SMILES string of the molecule is COc1ccc(C2(C)OC(c3cc(C)nc4ccccc34)=NN2C(C)=O)c(OC)c1. The maximum atomic E-state index is 12.5. The Balaban J connectivity index is 1.86. The summed E-state index contributed by atoms with van der Waals surface area (Å²) in [6.45, 7) is 5.17. The first-order chi connectivity index (χ1) is 14.4. The molecule has 1 atom stereocenters. The number of aryl methyl sites for hydroxylation is 1. The number of nitrogens with zero attached hydrogens (tertiary/aromatic N) is 3. The predicted octanol–water partition coefficient (Wildman–Crippen LogP) is 3.97. The van der Waals surface area contributed by atoms with Crippen LogP contribution in [0.15, 0.2) is 53.6 Å². The molecule has 0 saturated carbocycles. The van der Waals surface area contributed by atoms with Gasteiger partial charge in [0.2, 0.25) is 17.5 Å². The Bertz CT molecular complexity index is 1170. The molecule has 4 rings (SSSR count). The summed E-state index contributed by atoms with van der Waals surface area (Å²) in [5.41, 5.74) is 1.93. The first kappa shape index (κ1) is 19.7. The van der Waals surface area contributed by atoms with E-state index in [1.165, 1.54) is 11.9 Å². The molecule has 7 nitrogen and oxygen atoms in total. The number of aromatic nitrogens is 1. The van der Waals surface area contributed by atoms with Crippen LogP contribution in [-0.2, 0) is 15.3 Å². The highest BCUT2D eigenvalue weighted by molar-refractivity contribution is 6.07. The second-order valence-electron chi connectivity index (χ2n) is 7.22. The molecule has 2 aromatic carbocycles. The third-order valence-electron chi connectivity index (χ3n) is 5.17. The predicted molar refractivity (Wildman–Crippen MR) is 114 cm³/mol. The van der Waals surface area contributed by atoms with E-state index >= 15 is 0 Å². The summed E-state index contributed by atoms with van der Waals surface area (Å²) in [5, 5.41) is 6.80. The number of hydrazone groups is 1. The number of pyridine rings is 1. The fraction of sp³-hybridized carbons (Fsp3) is 0.261. The molecule has 0 radical (unpaired) electrons. The van der Waals surface area contributed by atoms with E-state index in [9.17, 15) is 4.79 Å². The molecule has 1 aliphatic heterocycles. The Kier molecular flexibility index (Phi) is 4.81. The van der Waals surface area contributed by atoms with E-state index in [-0.39, 0.29) is 5.91 Å². The molecule has 0 fully saturated rings. The van der Waals surface area contributed by atoms with Gasteiger partial charge >= 0.3 is 0 Å². The van der Waals surface area contributed by atoms with E-state index in [0.29, 0.717) is 23.0 Å². The number of carbonyl (C=O) groups is 1. The maximum Gasteiger partial charge on any atom is 0.243 e. The van der Waals surface area contributed by atoms with Crippen molar-refractivity contribution in [2.24, 2.45) is 5.10 Å². The average Bonchev–Trinajstić information content (AvgIpc) is 3.11. The molecule has 7 heteroatoms. The molecule has 1 aromatic heterocycles. The van der Waals surface area contributed by atoms with E-state index in [2.05, 4.69) is 10.1 Å². The first-order valence-corrected chi connectivity index (χ1v) is 9.55. The molecule has 154 valence electrons. The van der Waals surface area contributed by atoms with Gasteiger partial charge in [-0.2, -0.15) is 5.01 Å². The molecule has 3 aromatic rings. The highest BCUT2D eigenvalue weighted by atomic mass is 16.6. The molecular weight excluding hydrogens is 382 g/mol. The van der Waals surface area contributed by atoms with Crippen LogP contribution in [0.1, 0.15) is 30.7 Å². The summed E-state index contributed by atoms with van der Waals surface area (Å²) in [4.78, 5) is 17.1. The molecule has 0 aliphatic carbocycles. The smallest absolute Gasteiger partial charge is 0.243 e. The van der Waals surface area contributed by atoms with Crippen molar-refractivity contribution in [2.45, 2.75) is 26.5 Å². The number of carbonyl (C=O) groups excluding carboxylic acids is 1. The lowest BCUT2D eigenvalue weighted by atomic mass is 10.0. The maximum absolute atomic E-state index is 12.5. The fourth-order valence-electron chi connectivity index (χ4n) is 3.75. The first-order valence-electron chi connectivity index (χ1n) is 9.55. The van der Waals surface area contributed by atoms with Crippen LogP contribution >= 0.6 is 0 Å². The topological polar surface area (TPSA) is 73.3 Å². The zero-order valence-electron chi connectivity index (χ0n) is 17.6. The molecule has 30 heavy (non-hydrogen) atoms. The molecule has 1 amide bonds. The van der Waals surface area contributed by atoms with E-state index in [1.54, 1.807) is 33.3 Å². The molecule has 0 saturated heterocycles. The normalized spacial score (nSPS) is 18.2. The van der Waals surface area contributed by atoms with Gasteiger partial charge in [-0.25, -0.2) is 0 Å². The number of amides is 1. The number of benzene rings is 2. The number of para-hydroxylation sites is 1. The van der Waals surface area contributed by atoms with Crippen molar-refractivity contribution >= 4 is 22.7 Å². The summed E-state index contributed by atoms with van der Waals surface area (Å²) < 4.78 is 17.2. The van der Waals surface area contributed by atoms with Gasteiger partial charge in [0.15, 0.2) is 0 Å². The quantitative estimate of drug-likeness (QED) is 0.657. The molecule has 0 N–H and O–H groups in total. The Morgan fingerprint density at radius 1 is 1.10 bits per heavy atom. The van der Waals surface area contributed by atoms with Gasteiger partial charge in [0.05, 0.1) is 25.3 Å². The largest absolute Gasteiger partial charge is 0.497 e. The van der Waals surface area contributed by atoms with Crippen molar-refractivity contribution in [2.75, 3.05) is 14.2 Å². The van der Waals surface area contributed by atoms with Crippen molar-refractivity contribution in [3.63, 3.8) is 0 Å². The second-order valence-corrected chi connectivity index (χ2v) is 7.22. The summed E-state index contributed by atoms with van der Waals surface area (Å²) in [6.07, 6.45) is 0. The monoisotopic (exact) mass is 405 g/mol. The molecule has 2 heterocycles. The van der Waals surface area contributed by atoms with E-state index < -0.39 is 5.72 Å². The number of methoxy groups -OCH3 is 2.